The Balaban J connectivity index is 2.05. The van der Waals surface area contributed by atoms with Crippen LogP contribution in [0, 0.1) is 0 Å². The van der Waals surface area contributed by atoms with Gasteiger partial charge in [-0.1, -0.05) is 0 Å². The summed E-state index contributed by atoms with van der Waals surface area (Å²) in [6, 6.07) is 1.71. The van der Waals surface area contributed by atoms with Crippen molar-refractivity contribution in [1.29, 1.82) is 0 Å². The van der Waals surface area contributed by atoms with Crippen molar-refractivity contribution in [3.05, 3.63) is 34.9 Å². The molecule has 1 saturated heterocycles. The van der Waals surface area contributed by atoms with Gasteiger partial charge in [-0.3, -0.25) is 4.90 Å². The smallest absolute Gasteiger partial charge is 0.376 e. The number of hydrogen-bond donors (Lipinski definition) is 0. The first kappa shape index (κ1) is 21.0. The second-order valence-corrected chi connectivity index (χ2v) is 6.63. The van der Waals surface area contributed by atoms with Crippen molar-refractivity contribution < 1.29 is 31.1 Å². The zero-order valence-corrected chi connectivity index (χ0v) is 14.6. The lowest BCUT2D eigenvalue weighted by atomic mass is 10.0. The van der Waals surface area contributed by atoms with Crippen LogP contribution in [-0.2, 0) is 23.6 Å². The first-order valence-electron chi connectivity index (χ1n) is 8.26. The van der Waals surface area contributed by atoms with Gasteiger partial charge in [0.2, 0.25) is 0 Å². The molecule has 0 N–H and O–H groups in total. The fourth-order valence-corrected chi connectivity index (χ4v) is 2.91. The fraction of sp³-hybridized carbons (Fsp3) is 0.647. The van der Waals surface area contributed by atoms with Crippen molar-refractivity contribution >= 4 is 0 Å². The van der Waals surface area contributed by atoms with E-state index in [0.29, 0.717) is 19.7 Å². The summed E-state index contributed by atoms with van der Waals surface area (Å²) in [5.74, 6) is 0. The summed E-state index contributed by atoms with van der Waals surface area (Å²) in [7, 11) is 1.68. The molecule has 1 aromatic carbocycles. The molecule has 1 fully saturated rings. The zero-order valence-electron chi connectivity index (χ0n) is 14.6. The molecule has 1 aliphatic rings. The molecule has 0 aliphatic carbocycles. The first-order chi connectivity index (χ1) is 11.9. The second kappa shape index (κ2) is 8.14. The molecule has 9 heteroatoms. The molecule has 0 spiro atoms. The van der Waals surface area contributed by atoms with Crippen LogP contribution in [0.25, 0.3) is 0 Å². The molecule has 0 amide bonds. The molecule has 1 unspecified atom stereocenters. The molecule has 0 aromatic heterocycles. The molecule has 1 aromatic rings. The molecular formula is C17H22F6N2O. The highest BCUT2D eigenvalue weighted by molar-refractivity contribution is 5.33. The summed E-state index contributed by atoms with van der Waals surface area (Å²) < 4.78 is 82.8. The van der Waals surface area contributed by atoms with E-state index in [4.69, 9.17) is 4.74 Å². The van der Waals surface area contributed by atoms with Crippen LogP contribution in [0.3, 0.4) is 0 Å². The maximum atomic E-state index is 12.9. The predicted molar refractivity (Wildman–Crippen MR) is 84.6 cm³/mol. The number of benzene rings is 1. The van der Waals surface area contributed by atoms with E-state index in [1.165, 1.54) is 0 Å². The fourth-order valence-electron chi connectivity index (χ4n) is 2.91. The van der Waals surface area contributed by atoms with Crippen LogP contribution in [0.2, 0.25) is 0 Å². The summed E-state index contributed by atoms with van der Waals surface area (Å²) in [5, 5.41) is 0. The van der Waals surface area contributed by atoms with Crippen molar-refractivity contribution in [3.8, 4) is 0 Å². The van der Waals surface area contributed by atoms with Gasteiger partial charge in [-0.25, -0.2) is 0 Å². The summed E-state index contributed by atoms with van der Waals surface area (Å²) >= 11 is 0. The minimum absolute atomic E-state index is 0.00684. The van der Waals surface area contributed by atoms with Crippen LogP contribution < -0.4 is 0 Å². The van der Waals surface area contributed by atoms with Gasteiger partial charge in [-0.2, -0.15) is 26.3 Å². The SMILES string of the molecule is CC1CN(CCN(C)Cc2cc(C(F)(F)F)cc(C(F)(F)F)c2)CCO1. The average molecular weight is 384 g/mol. The van der Waals surface area contributed by atoms with Gasteiger partial charge in [0.1, 0.15) is 0 Å². The van der Waals surface area contributed by atoms with Gasteiger partial charge in [0, 0.05) is 32.7 Å². The number of nitrogens with zero attached hydrogens (tertiary/aromatic N) is 2. The number of halogens is 6. The Hall–Kier alpha value is -1.32. The summed E-state index contributed by atoms with van der Waals surface area (Å²) in [4.78, 5) is 3.88. The molecular weight excluding hydrogens is 362 g/mol. The normalized spacial score (nSPS) is 20.0. The Labute approximate surface area is 148 Å². The highest BCUT2D eigenvalue weighted by Gasteiger charge is 2.36. The summed E-state index contributed by atoms with van der Waals surface area (Å²) in [6.07, 6.45) is -9.52. The molecule has 2 rings (SSSR count). The third kappa shape index (κ3) is 6.14. The maximum Gasteiger partial charge on any atom is 0.416 e. The molecule has 1 atom stereocenters. The molecule has 1 heterocycles. The third-order valence-electron chi connectivity index (χ3n) is 4.22. The van der Waals surface area contributed by atoms with Gasteiger partial charge in [0.15, 0.2) is 0 Å². The number of ether oxygens (including phenoxy) is 1. The van der Waals surface area contributed by atoms with Crippen molar-refractivity contribution in [1.82, 2.24) is 9.80 Å². The Morgan fingerprint density at radius 1 is 1.08 bits per heavy atom. The molecule has 1 aliphatic heterocycles. The van der Waals surface area contributed by atoms with Crippen LogP contribution in [0.15, 0.2) is 18.2 Å². The number of hydrogen-bond acceptors (Lipinski definition) is 3. The van der Waals surface area contributed by atoms with Crippen molar-refractivity contribution in [2.75, 3.05) is 39.8 Å². The van der Waals surface area contributed by atoms with Gasteiger partial charge >= 0.3 is 12.4 Å². The van der Waals surface area contributed by atoms with Crippen LogP contribution in [0.5, 0.6) is 0 Å². The number of likely N-dealkylation sites (N-methyl/N-ethyl adjacent to an activating group) is 1. The highest BCUT2D eigenvalue weighted by Crippen LogP contribution is 2.36. The topological polar surface area (TPSA) is 15.7 Å². The monoisotopic (exact) mass is 384 g/mol. The van der Waals surface area contributed by atoms with E-state index >= 15 is 0 Å². The van der Waals surface area contributed by atoms with Gasteiger partial charge in [-0.15, -0.1) is 0 Å². The molecule has 0 bridgehead atoms. The average Bonchev–Trinajstić information content (AvgIpc) is 2.51. The minimum atomic E-state index is -4.82. The molecule has 0 saturated carbocycles. The van der Waals surface area contributed by atoms with E-state index in [9.17, 15) is 26.3 Å². The van der Waals surface area contributed by atoms with Crippen LogP contribution in [0.1, 0.15) is 23.6 Å². The number of morpholine rings is 1. The third-order valence-corrected chi connectivity index (χ3v) is 4.22. The maximum absolute atomic E-state index is 12.9. The minimum Gasteiger partial charge on any atom is -0.376 e. The summed E-state index contributed by atoms with van der Waals surface area (Å²) in [6.45, 7) is 5.31. The van der Waals surface area contributed by atoms with E-state index in [1.807, 2.05) is 6.92 Å². The lowest BCUT2D eigenvalue weighted by Crippen LogP contribution is -2.44. The Bertz CT molecular complexity index is 570. The predicted octanol–water partition coefficient (Wildman–Crippen LogP) is 3.88. The molecule has 26 heavy (non-hydrogen) atoms. The zero-order chi connectivity index (χ0) is 19.5. The standard InChI is InChI=1S/C17H22F6N2O/c1-12-10-25(5-6-26-12)4-3-24(2)11-13-7-14(16(18,19)20)9-15(8-13)17(21,22)23/h7-9,12H,3-6,10-11H2,1-2H3. The van der Waals surface area contributed by atoms with Crippen molar-refractivity contribution in [2.45, 2.75) is 31.9 Å². The van der Waals surface area contributed by atoms with E-state index in [1.54, 1.807) is 11.9 Å². The largest absolute Gasteiger partial charge is 0.416 e. The molecule has 0 radical (unpaired) electrons. The lowest BCUT2D eigenvalue weighted by Gasteiger charge is -2.32. The van der Waals surface area contributed by atoms with Gasteiger partial charge < -0.3 is 9.64 Å². The van der Waals surface area contributed by atoms with Gasteiger partial charge in [0.25, 0.3) is 0 Å². The van der Waals surface area contributed by atoms with Crippen LogP contribution >= 0.6 is 0 Å². The summed E-state index contributed by atoms with van der Waals surface area (Å²) in [5.41, 5.74) is -2.57. The van der Waals surface area contributed by atoms with Crippen molar-refractivity contribution in [2.24, 2.45) is 0 Å². The molecule has 3 nitrogen and oxygen atoms in total. The number of rotatable bonds is 5. The van der Waals surface area contributed by atoms with E-state index in [2.05, 4.69) is 4.90 Å². The Kier molecular flexibility index (Phi) is 6.57. The van der Waals surface area contributed by atoms with E-state index in [-0.39, 0.29) is 24.3 Å². The lowest BCUT2D eigenvalue weighted by molar-refractivity contribution is -0.143. The van der Waals surface area contributed by atoms with Gasteiger partial charge in [0.05, 0.1) is 23.8 Å². The van der Waals surface area contributed by atoms with E-state index in [0.717, 1.165) is 25.2 Å². The van der Waals surface area contributed by atoms with E-state index < -0.39 is 23.5 Å². The molecule has 148 valence electrons. The Morgan fingerprint density at radius 2 is 1.65 bits per heavy atom. The number of alkyl halides is 6. The van der Waals surface area contributed by atoms with Crippen LogP contribution in [-0.4, -0.2) is 55.7 Å². The Morgan fingerprint density at radius 3 is 2.15 bits per heavy atom. The van der Waals surface area contributed by atoms with Crippen molar-refractivity contribution in [3.63, 3.8) is 0 Å². The van der Waals surface area contributed by atoms with Crippen LogP contribution in [0.4, 0.5) is 26.3 Å². The second-order valence-electron chi connectivity index (χ2n) is 6.63. The highest BCUT2D eigenvalue weighted by atomic mass is 19.4. The quantitative estimate of drug-likeness (QED) is 0.717. The van der Waals surface area contributed by atoms with Gasteiger partial charge in [-0.05, 0) is 37.7 Å². The first-order valence-corrected chi connectivity index (χ1v) is 8.26.